The van der Waals surface area contributed by atoms with Gasteiger partial charge in [0.05, 0.1) is 16.9 Å². The molecule has 2 aliphatic heterocycles. The molecule has 2 aromatic carbocycles. The van der Waals surface area contributed by atoms with Crippen LogP contribution in [0, 0.1) is 19.8 Å². The van der Waals surface area contributed by atoms with Gasteiger partial charge in [-0.2, -0.15) is 5.10 Å². The molecule has 0 spiro atoms. The first kappa shape index (κ1) is 20.1. The van der Waals surface area contributed by atoms with E-state index >= 15 is 0 Å². The van der Waals surface area contributed by atoms with Crippen LogP contribution < -0.4 is 4.74 Å². The van der Waals surface area contributed by atoms with Crippen LogP contribution in [0.5, 0.6) is 5.88 Å². The average molecular weight is 462 g/mol. The minimum absolute atomic E-state index is 0.190. The summed E-state index contributed by atoms with van der Waals surface area (Å²) >= 11 is 8.14. The zero-order chi connectivity index (χ0) is 22.2. The first-order valence-corrected chi connectivity index (χ1v) is 12.3. The van der Waals surface area contributed by atoms with Gasteiger partial charge in [0.25, 0.3) is 0 Å². The fraction of sp³-hybridized carbons (Fsp3) is 0.308. The van der Waals surface area contributed by atoms with Crippen LogP contribution >= 0.6 is 23.4 Å². The molecular weight excluding hydrogens is 438 g/mol. The standard InChI is InChI=1S/C26H24ClN3OS/c1-14-7-5-8-16-11-19-22-20(13-32-24(19)28-23(14)16)26(3,4)31-25-21(22)15(2)29-30(25)18-10-6-9-17(27)12-18/h5-12,20,22H,13H2,1-4H3/t20-,22+/m1/s1. The largest absolute Gasteiger partial charge is 0.471 e. The number of para-hydroxylation sites is 1. The van der Waals surface area contributed by atoms with Gasteiger partial charge in [0, 0.05) is 33.6 Å². The van der Waals surface area contributed by atoms with E-state index in [9.17, 15) is 0 Å². The molecule has 4 nitrogen and oxygen atoms in total. The van der Waals surface area contributed by atoms with E-state index in [2.05, 4.69) is 52.0 Å². The smallest absolute Gasteiger partial charge is 0.221 e. The zero-order valence-corrected chi connectivity index (χ0v) is 20.1. The van der Waals surface area contributed by atoms with Crippen LogP contribution in [-0.2, 0) is 0 Å². The highest BCUT2D eigenvalue weighted by molar-refractivity contribution is 7.99. The van der Waals surface area contributed by atoms with E-state index < -0.39 is 0 Å². The van der Waals surface area contributed by atoms with Gasteiger partial charge in [0.2, 0.25) is 5.88 Å². The second-order valence-electron chi connectivity index (χ2n) is 9.33. The van der Waals surface area contributed by atoms with Gasteiger partial charge in [-0.15, -0.1) is 11.8 Å². The van der Waals surface area contributed by atoms with Crippen molar-refractivity contribution in [2.24, 2.45) is 5.92 Å². The van der Waals surface area contributed by atoms with Gasteiger partial charge in [-0.3, -0.25) is 0 Å². The van der Waals surface area contributed by atoms with Crippen molar-refractivity contribution in [3.8, 4) is 11.6 Å². The van der Waals surface area contributed by atoms with Gasteiger partial charge < -0.3 is 4.74 Å². The highest BCUT2D eigenvalue weighted by Gasteiger charge is 2.50. The summed E-state index contributed by atoms with van der Waals surface area (Å²) in [5, 5.41) is 7.92. The summed E-state index contributed by atoms with van der Waals surface area (Å²) in [7, 11) is 0. The molecule has 0 radical (unpaired) electrons. The Morgan fingerprint density at radius 1 is 1.12 bits per heavy atom. The molecule has 0 aliphatic carbocycles. The van der Waals surface area contributed by atoms with E-state index in [-0.39, 0.29) is 11.5 Å². The van der Waals surface area contributed by atoms with Crippen LogP contribution in [0.2, 0.25) is 5.02 Å². The number of hydrogen-bond acceptors (Lipinski definition) is 4. The summed E-state index contributed by atoms with van der Waals surface area (Å²) in [6.07, 6.45) is 0. The minimum atomic E-state index is -0.341. The van der Waals surface area contributed by atoms with Crippen molar-refractivity contribution < 1.29 is 4.74 Å². The predicted octanol–water partition coefficient (Wildman–Crippen LogP) is 6.72. The first-order chi connectivity index (χ1) is 15.3. The first-order valence-electron chi connectivity index (χ1n) is 10.9. The molecule has 0 N–H and O–H groups in total. The molecule has 4 aromatic rings. The summed E-state index contributed by atoms with van der Waals surface area (Å²) in [6.45, 7) is 8.61. The lowest BCUT2D eigenvalue weighted by Gasteiger charge is -2.46. The number of hydrogen-bond donors (Lipinski definition) is 0. The van der Waals surface area contributed by atoms with Crippen LogP contribution in [0.15, 0.2) is 53.6 Å². The lowest BCUT2D eigenvalue weighted by molar-refractivity contribution is 0.0199. The van der Waals surface area contributed by atoms with Crippen molar-refractivity contribution in [2.45, 2.75) is 44.2 Å². The van der Waals surface area contributed by atoms with Gasteiger partial charge in [0.1, 0.15) is 10.6 Å². The molecule has 162 valence electrons. The number of thioether (sulfide) groups is 1. The number of pyridine rings is 1. The third-order valence-corrected chi connectivity index (χ3v) is 8.22. The average Bonchev–Trinajstić information content (AvgIpc) is 3.07. The molecule has 0 unspecified atom stereocenters. The van der Waals surface area contributed by atoms with E-state index in [0.717, 1.165) is 33.6 Å². The summed E-state index contributed by atoms with van der Waals surface area (Å²) in [5.41, 5.74) is 6.33. The molecule has 32 heavy (non-hydrogen) atoms. The van der Waals surface area contributed by atoms with Gasteiger partial charge in [-0.05, 0) is 63.1 Å². The summed E-state index contributed by atoms with van der Waals surface area (Å²) in [4.78, 5) is 5.11. The number of benzene rings is 2. The maximum atomic E-state index is 6.68. The summed E-state index contributed by atoms with van der Waals surface area (Å²) in [5.74, 6) is 2.30. The van der Waals surface area contributed by atoms with Crippen molar-refractivity contribution in [3.05, 3.63) is 75.9 Å². The third kappa shape index (κ3) is 2.91. The monoisotopic (exact) mass is 461 g/mol. The number of nitrogens with zero attached hydrogens (tertiary/aromatic N) is 3. The van der Waals surface area contributed by atoms with E-state index in [1.807, 2.05) is 40.7 Å². The Morgan fingerprint density at radius 3 is 2.75 bits per heavy atom. The second kappa shape index (κ2) is 7.00. The van der Waals surface area contributed by atoms with Crippen molar-refractivity contribution in [2.75, 3.05) is 5.75 Å². The molecule has 0 saturated heterocycles. The van der Waals surface area contributed by atoms with Crippen molar-refractivity contribution in [1.29, 1.82) is 0 Å². The molecule has 4 heterocycles. The van der Waals surface area contributed by atoms with Crippen LogP contribution in [0.4, 0.5) is 0 Å². The highest BCUT2D eigenvalue weighted by atomic mass is 35.5. The molecule has 6 rings (SSSR count). The Balaban J connectivity index is 1.61. The lowest BCUT2D eigenvalue weighted by Crippen LogP contribution is -2.47. The zero-order valence-electron chi connectivity index (χ0n) is 18.5. The van der Waals surface area contributed by atoms with E-state index in [4.69, 9.17) is 26.4 Å². The number of aryl methyl sites for hydroxylation is 2. The number of halogens is 1. The molecule has 0 amide bonds. The molecule has 0 bridgehead atoms. The number of rotatable bonds is 1. The Bertz CT molecular complexity index is 1390. The van der Waals surface area contributed by atoms with Crippen molar-refractivity contribution in [1.82, 2.24) is 14.8 Å². The highest BCUT2D eigenvalue weighted by Crippen LogP contribution is 2.55. The molecule has 2 aromatic heterocycles. The lowest BCUT2D eigenvalue weighted by atomic mass is 9.72. The molecule has 2 atom stereocenters. The predicted molar refractivity (Wildman–Crippen MR) is 131 cm³/mol. The maximum Gasteiger partial charge on any atom is 0.221 e. The Labute approximate surface area is 197 Å². The van der Waals surface area contributed by atoms with Crippen molar-refractivity contribution >= 4 is 34.3 Å². The Morgan fingerprint density at radius 2 is 1.94 bits per heavy atom. The van der Waals surface area contributed by atoms with Crippen LogP contribution in [0.1, 0.15) is 42.1 Å². The second-order valence-corrected chi connectivity index (χ2v) is 10.8. The molecule has 0 saturated carbocycles. The Hall–Kier alpha value is -2.50. The van der Waals surface area contributed by atoms with Gasteiger partial charge in [0.15, 0.2) is 0 Å². The SMILES string of the molecule is Cc1nn(-c2cccc(Cl)c2)c2c1[C@H]1c3cc4cccc(C)c4nc3SC[C@H]1C(C)(C)O2. The number of aromatic nitrogens is 3. The van der Waals surface area contributed by atoms with Crippen LogP contribution in [0.3, 0.4) is 0 Å². The van der Waals surface area contributed by atoms with Crippen LogP contribution in [-0.4, -0.2) is 26.1 Å². The van der Waals surface area contributed by atoms with E-state index in [1.54, 1.807) is 0 Å². The van der Waals surface area contributed by atoms with Gasteiger partial charge in [-0.1, -0.05) is 35.9 Å². The normalized spacial score (nSPS) is 20.9. The summed E-state index contributed by atoms with van der Waals surface area (Å²) in [6, 6.07) is 16.5. The van der Waals surface area contributed by atoms with E-state index in [0.29, 0.717) is 10.9 Å². The quantitative estimate of drug-likeness (QED) is 0.315. The fourth-order valence-corrected chi connectivity index (χ4v) is 6.83. The molecule has 0 fully saturated rings. The van der Waals surface area contributed by atoms with Crippen LogP contribution in [0.25, 0.3) is 16.6 Å². The third-order valence-electron chi connectivity index (χ3n) is 6.86. The molecule has 6 heteroatoms. The summed E-state index contributed by atoms with van der Waals surface area (Å²) < 4.78 is 8.59. The van der Waals surface area contributed by atoms with Gasteiger partial charge >= 0.3 is 0 Å². The fourth-order valence-electron chi connectivity index (χ4n) is 5.21. The van der Waals surface area contributed by atoms with Gasteiger partial charge in [-0.25, -0.2) is 9.67 Å². The number of ether oxygens (including phenoxy) is 1. The maximum absolute atomic E-state index is 6.68. The Kier molecular flexibility index (Phi) is 4.40. The van der Waals surface area contributed by atoms with E-state index in [1.165, 1.54) is 22.1 Å². The minimum Gasteiger partial charge on any atom is -0.471 e. The van der Waals surface area contributed by atoms with Crippen molar-refractivity contribution in [3.63, 3.8) is 0 Å². The molecular formula is C26H24ClN3OS. The topological polar surface area (TPSA) is 39.9 Å². The number of fused-ring (bicyclic) bond motifs is 6. The molecule has 2 aliphatic rings.